The van der Waals surface area contributed by atoms with E-state index >= 15 is 0 Å². The minimum absolute atomic E-state index is 0.407. The molecule has 1 aromatic carbocycles. The Kier molecular flexibility index (Phi) is 3.79. The molecule has 2 heteroatoms. The predicted molar refractivity (Wildman–Crippen MR) is 78.3 cm³/mol. The Hall–Kier alpha value is -1.02. The monoisotopic (exact) mass is 259 g/mol. The van der Waals surface area contributed by atoms with Crippen LogP contribution < -0.4 is 5.32 Å². The summed E-state index contributed by atoms with van der Waals surface area (Å²) in [7, 11) is 0. The van der Waals surface area contributed by atoms with Crippen LogP contribution in [0.15, 0.2) is 18.2 Å². The van der Waals surface area contributed by atoms with E-state index in [1.807, 2.05) is 12.1 Å². The van der Waals surface area contributed by atoms with Crippen molar-refractivity contribution in [3.63, 3.8) is 0 Å². The molecule has 2 aliphatic carbocycles. The van der Waals surface area contributed by atoms with E-state index in [-0.39, 0.29) is 0 Å². The van der Waals surface area contributed by atoms with E-state index in [0.717, 1.165) is 12.3 Å². The normalized spacial score (nSPS) is 30.9. The Balaban J connectivity index is 1.74. The molecule has 2 N–H and O–H groups in total. The molecule has 1 aromatic rings. The second-order valence-electron chi connectivity index (χ2n) is 6.46. The van der Waals surface area contributed by atoms with Crippen molar-refractivity contribution in [2.75, 3.05) is 0 Å². The highest BCUT2D eigenvalue weighted by atomic mass is 16.3. The molecule has 19 heavy (non-hydrogen) atoms. The maximum Gasteiger partial charge on any atom is 0.115 e. The number of hydrogen-bond acceptors (Lipinski definition) is 2. The molecule has 1 saturated carbocycles. The van der Waals surface area contributed by atoms with Crippen LogP contribution in [0.4, 0.5) is 0 Å². The molecule has 0 heterocycles. The average molecular weight is 259 g/mol. The van der Waals surface area contributed by atoms with Crippen LogP contribution in [-0.4, -0.2) is 11.1 Å². The Morgan fingerprint density at radius 2 is 2.05 bits per heavy atom. The Bertz CT molecular complexity index is 443. The largest absolute Gasteiger partial charge is 0.508 e. The highest BCUT2D eigenvalue weighted by Gasteiger charge is 2.25. The molecular weight excluding hydrogens is 234 g/mol. The number of fused-ring (bicyclic) bond motifs is 1. The van der Waals surface area contributed by atoms with Crippen molar-refractivity contribution in [1.29, 1.82) is 0 Å². The van der Waals surface area contributed by atoms with Gasteiger partial charge in [-0.1, -0.05) is 25.8 Å². The van der Waals surface area contributed by atoms with Crippen LogP contribution in [0.25, 0.3) is 0 Å². The van der Waals surface area contributed by atoms with Gasteiger partial charge < -0.3 is 10.4 Å². The van der Waals surface area contributed by atoms with Crippen LogP contribution in [0.2, 0.25) is 0 Å². The summed E-state index contributed by atoms with van der Waals surface area (Å²) in [5, 5.41) is 13.6. The number of aromatic hydroxyl groups is 1. The molecule has 0 saturated heterocycles. The quantitative estimate of drug-likeness (QED) is 0.843. The van der Waals surface area contributed by atoms with Crippen LogP contribution >= 0.6 is 0 Å². The number of phenols is 1. The number of aryl methyl sites for hydroxylation is 1. The van der Waals surface area contributed by atoms with Crippen LogP contribution in [-0.2, 0) is 6.42 Å². The third kappa shape index (κ3) is 2.94. The zero-order valence-corrected chi connectivity index (χ0v) is 11.9. The smallest absolute Gasteiger partial charge is 0.115 e. The highest BCUT2D eigenvalue weighted by Crippen LogP contribution is 2.34. The van der Waals surface area contributed by atoms with Crippen molar-refractivity contribution >= 4 is 0 Å². The van der Waals surface area contributed by atoms with E-state index in [1.165, 1.54) is 49.7 Å². The Labute approximate surface area is 116 Å². The lowest BCUT2D eigenvalue weighted by Crippen LogP contribution is -2.37. The highest BCUT2D eigenvalue weighted by molar-refractivity contribution is 5.38. The van der Waals surface area contributed by atoms with Crippen molar-refractivity contribution in [3.8, 4) is 5.75 Å². The summed E-state index contributed by atoms with van der Waals surface area (Å²) in [5.41, 5.74) is 2.76. The van der Waals surface area contributed by atoms with Gasteiger partial charge >= 0.3 is 0 Å². The van der Waals surface area contributed by atoms with E-state index in [2.05, 4.69) is 18.3 Å². The van der Waals surface area contributed by atoms with Crippen molar-refractivity contribution in [2.45, 2.75) is 64.0 Å². The van der Waals surface area contributed by atoms with Gasteiger partial charge in [-0.15, -0.1) is 0 Å². The summed E-state index contributed by atoms with van der Waals surface area (Å²) < 4.78 is 0. The molecule has 2 aliphatic rings. The summed E-state index contributed by atoms with van der Waals surface area (Å²) in [6.07, 6.45) is 9.01. The molecule has 0 amide bonds. The molecule has 1 fully saturated rings. The lowest BCUT2D eigenvalue weighted by Gasteiger charge is -2.34. The maximum absolute atomic E-state index is 9.73. The summed E-state index contributed by atoms with van der Waals surface area (Å²) in [6.45, 7) is 2.37. The second kappa shape index (κ2) is 5.54. The molecule has 0 aromatic heterocycles. The predicted octanol–water partition coefficient (Wildman–Crippen LogP) is 3.94. The summed E-state index contributed by atoms with van der Waals surface area (Å²) in [5.74, 6) is 1.27. The van der Waals surface area contributed by atoms with Gasteiger partial charge in [0.15, 0.2) is 0 Å². The standard InChI is InChI=1S/C17H25NO/c1-12-4-2-6-14(10-12)18-17-7-3-5-13-8-9-15(19)11-16(13)17/h8-9,11-12,14,17-19H,2-7,10H2,1H3. The molecule has 0 spiro atoms. The first-order valence-corrected chi connectivity index (χ1v) is 7.80. The molecular formula is C17H25NO. The molecule has 3 atom stereocenters. The van der Waals surface area contributed by atoms with Gasteiger partial charge in [-0.3, -0.25) is 0 Å². The van der Waals surface area contributed by atoms with Gasteiger partial charge in [-0.2, -0.15) is 0 Å². The number of rotatable bonds is 2. The molecule has 0 radical (unpaired) electrons. The molecule has 104 valence electrons. The number of nitrogens with one attached hydrogen (secondary N) is 1. The first kappa shape index (κ1) is 13.0. The Morgan fingerprint density at radius 3 is 2.89 bits per heavy atom. The first-order chi connectivity index (χ1) is 9.22. The van der Waals surface area contributed by atoms with E-state index in [9.17, 15) is 5.11 Å². The van der Waals surface area contributed by atoms with Gasteiger partial charge in [-0.05, 0) is 61.3 Å². The summed E-state index contributed by atoms with van der Waals surface area (Å²) in [4.78, 5) is 0. The van der Waals surface area contributed by atoms with Gasteiger partial charge in [0.25, 0.3) is 0 Å². The fraction of sp³-hybridized carbons (Fsp3) is 0.647. The fourth-order valence-corrected chi connectivity index (χ4v) is 3.83. The molecule has 3 unspecified atom stereocenters. The van der Waals surface area contributed by atoms with Crippen LogP contribution in [0.1, 0.15) is 62.6 Å². The van der Waals surface area contributed by atoms with Crippen molar-refractivity contribution < 1.29 is 5.11 Å². The third-order valence-electron chi connectivity index (χ3n) is 4.82. The van der Waals surface area contributed by atoms with Gasteiger partial charge in [-0.25, -0.2) is 0 Å². The Morgan fingerprint density at radius 1 is 1.16 bits per heavy atom. The number of benzene rings is 1. The molecule has 3 rings (SSSR count). The summed E-state index contributed by atoms with van der Waals surface area (Å²) >= 11 is 0. The van der Waals surface area contributed by atoms with Crippen molar-refractivity contribution in [2.24, 2.45) is 5.92 Å². The third-order valence-corrected chi connectivity index (χ3v) is 4.82. The van der Waals surface area contributed by atoms with Crippen molar-refractivity contribution in [3.05, 3.63) is 29.3 Å². The van der Waals surface area contributed by atoms with Gasteiger partial charge in [0.1, 0.15) is 5.75 Å². The lowest BCUT2D eigenvalue weighted by molar-refractivity contribution is 0.271. The van der Waals surface area contributed by atoms with E-state index < -0.39 is 0 Å². The molecule has 2 nitrogen and oxygen atoms in total. The lowest BCUT2D eigenvalue weighted by atomic mass is 9.83. The fourth-order valence-electron chi connectivity index (χ4n) is 3.83. The summed E-state index contributed by atoms with van der Waals surface area (Å²) in [6, 6.07) is 7.01. The minimum atomic E-state index is 0.407. The zero-order chi connectivity index (χ0) is 13.2. The molecule has 0 aliphatic heterocycles. The first-order valence-electron chi connectivity index (χ1n) is 7.80. The zero-order valence-electron chi connectivity index (χ0n) is 11.9. The van der Waals surface area contributed by atoms with Gasteiger partial charge in [0.2, 0.25) is 0 Å². The van der Waals surface area contributed by atoms with Crippen molar-refractivity contribution in [1.82, 2.24) is 5.32 Å². The van der Waals surface area contributed by atoms with Gasteiger partial charge in [0, 0.05) is 12.1 Å². The topological polar surface area (TPSA) is 32.3 Å². The molecule has 0 bridgehead atoms. The minimum Gasteiger partial charge on any atom is -0.508 e. The average Bonchev–Trinajstić information content (AvgIpc) is 2.39. The van der Waals surface area contributed by atoms with Crippen LogP contribution in [0, 0.1) is 5.92 Å². The van der Waals surface area contributed by atoms with E-state index in [0.29, 0.717) is 17.8 Å². The van der Waals surface area contributed by atoms with Gasteiger partial charge in [0.05, 0.1) is 0 Å². The van der Waals surface area contributed by atoms with Crippen LogP contribution in [0.3, 0.4) is 0 Å². The van der Waals surface area contributed by atoms with E-state index in [4.69, 9.17) is 0 Å². The second-order valence-corrected chi connectivity index (χ2v) is 6.46. The van der Waals surface area contributed by atoms with Crippen LogP contribution in [0.5, 0.6) is 5.75 Å². The maximum atomic E-state index is 9.73. The number of phenolic OH excluding ortho intramolecular Hbond substituents is 1. The SMILES string of the molecule is CC1CCCC(NC2CCCc3ccc(O)cc32)C1. The number of hydrogen-bond donors (Lipinski definition) is 2. The van der Waals surface area contributed by atoms with E-state index in [1.54, 1.807) is 0 Å².